The molecule has 2 aliphatic rings. The quantitative estimate of drug-likeness (QED) is 0.835. The molecule has 1 aromatic heterocycles. The maximum atomic E-state index is 12.3. The van der Waals surface area contributed by atoms with Crippen molar-refractivity contribution in [3.63, 3.8) is 0 Å². The third kappa shape index (κ3) is 4.99. The van der Waals surface area contributed by atoms with Crippen LogP contribution >= 0.6 is 0 Å². The molecule has 0 unspecified atom stereocenters. The molecular formula is C23H32N4O2. The Morgan fingerprint density at radius 1 is 1.10 bits per heavy atom. The Balaban J connectivity index is 1.32. The summed E-state index contributed by atoms with van der Waals surface area (Å²) in [5.41, 5.74) is 1.19. The average molecular weight is 397 g/mol. The monoisotopic (exact) mass is 396 g/mol. The largest absolute Gasteiger partial charge is 0.490 e. The molecule has 0 atom stereocenters. The molecule has 4 rings (SSSR count). The number of piperidine rings is 1. The molecule has 1 saturated heterocycles. The van der Waals surface area contributed by atoms with Crippen LogP contribution in [-0.4, -0.2) is 51.4 Å². The summed E-state index contributed by atoms with van der Waals surface area (Å²) in [7, 11) is 0. The van der Waals surface area contributed by atoms with Crippen LogP contribution in [0.1, 0.15) is 63.2 Å². The maximum absolute atomic E-state index is 12.3. The third-order valence-electron chi connectivity index (χ3n) is 5.80. The van der Waals surface area contributed by atoms with Crippen molar-refractivity contribution in [3.8, 4) is 11.4 Å². The molecule has 1 amide bonds. The van der Waals surface area contributed by atoms with E-state index < -0.39 is 0 Å². The summed E-state index contributed by atoms with van der Waals surface area (Å²) in [5.74, 6) is 0.783. The van der Waals surface area contributed by atoms with Crippen LogP contribution in [0.15, 0.2) is 36.7 Å². The predicted octanol–water partition coefficient (Wildman–Crippen LogP) is 3.80. The van der Waals surface area contributed by atoms with Gasteiger partial charge < -0.3 is 15.0 Å². The van der Waals surface area contributed by atoms with Gasteiger partial charge in [0, 0.05) is 30.9 Å². The Morgan fingerprint density at radius 2 is 1.79 bits per heavy atom. The molecule has 6 heteroatoms. The fourth-order valence-corrected chi connectivity index (χ4v) is 3.97. The summed E-state index contributed by atoms with van der Waals surface area (Å²) in [4.78, 5) is 14.9. The Morgan fingerprint density at radius 3 is 2.38 bits per heavy atom. The average Bonchev–Trinajstić information content (AvgIpc) is 3.11. The number of carbonyl (C=O) groups is 1. The van der Waals surface area contributed by atoms with Crippen molar-refractivity contribution in [1.82, 2.24) is 20.0 Å². The molecule has 1 aliphatic carbocycles. The number of hydrogen-bond donors (Lipinski definition) is 1. The van der Waals surface area contributed by atoms with Gasteiger partial charge in [0.25, 0.3) is 5.91 Å². The number of hydrogen-bond acceptors (Lipinski definition) is 4. The van der Waals surface area contributed by atoms with Crippen molar-refractivity contribution in [2.24, 2.45) is 0 Å². The van der Waals surface area contributed by atoms with Gasteiger partial charge in [0.1, 0.15) is 11.9 Å². The Kier molecular flexibility index (Phi) is 5.63. The SMILES string of the molecule is CC(C)(C)NC(=O)c1cnn(-c2ccc(OC3CCN(C4CCC4)CC3)cc2)c1. The summed E-state index contributed by atoms with van der Waals surface area (Å²) < 4.78 is 7.92. The first-order valence-electron chi connectivity index (χ1n) is 10.8. The minimum atomic E-state index is -0.272. The van der Waals surface area contributed by atoms with Gasteiger partial charge in [0.15, 0.2) is 0 Å². The summed E-state index contributed by atoms with van der Waals surface area (Å²) >= 11 is 0. The molecule has 29 heavy (non-hydrogen) atoms. The fraction of sp³-hybridized carbons (Fsp3) is 0.565. The van der Waals surface area contributed by atoms with Gasteiger partial charge in [-0.15, -0.1) is 0 Å². The number of amides is 1. The Hall–Kier alpha value is -2.34. The van der Waals surface area contributed by atoms with E-state index in [0.717, 1.165) is 43.4 Å². The second-order valence-corrected chi connectivity index (χ2v) is 9.31. The lowest BCUT2D eigenvalue weighted by atomic mass is 9.90. The zero-order chi connectivity index (χ0) is 20.4. The van der Waals surface area contributed by atoms with E-state index in [4.69, 9.17) is 4.74 Å². The van der Waals surface area contributed by atoms with Gasteiger partial charge in [-0.05, 0) is 70.7 Å². The molecule has 0 radical (unpaired) electrons. The number of ether oxygens (including phenoxy) is 1. The Labute approximate surface area is 173 Å². The van der Waals surface area contributed by atoms with Gasteiger partial charge in [-0.3, -0.25) is 4.79 Å². The van der Waals surface area contributed by atoms with Crippen LogP contribution in [0.25, 0.3) is 5.69 Å². The van der Waals surface area contributed by atoms with E-state index >= 15 is 0 Å². The first kappa shape index (κ1) is 20.0. The number of nitrogens with zero attached hydrogens (tertiary/aromatic N) is 3. The zero-order valence-electron chi connectivity index (χ0n) is 17.7. The second-order valence-electron chi connectivity index (χ2n) is 9.31. The fourth-order valence-electron chi connectivity index (χ4n) is 3.97. The number of likely N-dealkylation sites (tertiary alicyclic amines) is 1. The predicted molar refractivity (Wildman–Crippen MR) is 114 cm³/mol. The van der Waals surface area contributed by atoms with E-state index in [1.807, 2.05) is 45.0 Å². The highest BCUT2D eigenvalue weighted by molar-refractivity contribution is 5.94. The van der Waals surface area contributed by atoms with Crippen LogP contribution in [-0.2, 0) is 0 Å². The van der Waals surface area contributed by atoms with Crippen molar-refractivity contribution >= 4 is 5.91 Å². The van der Waals surface area contributed by atoms with Crippen LogP contribution in [0.5, 0.6) is 5.75 Å². The highest BCUT2D eigenvalue weighted by Gasteiger charge is 2.29. The van der Waals surface area contributed by atoms with Crippen molar-refractivity contribution in [3.05, 3.63) is 42.2 Å². The molecule has 1 N–H and O–H groups in total. The Bertz CT molecular complexity index is 825. The summed E-state index contributed by atoms with van der Waals surface area (Å²) in [6, 6.07) is 8.78. The van der Waals surface area contributed by atoms with Crippen LogP contribution in [0.3, 0.4) is 0 Å². The molecule has 2 fully saturated rings. The topological polar surface area (TPSA) is 59.4 Å². The van der Waals surface area contributed by atoms with E-state index in [1.54, 1.807) is 17.1 Å². The van der Waals surface area contributed by atoms with Crippen LogP contribution < -0.4 is 10.1 Å². The summed E-state index contributed by atoms with van der Waals surface area (Å²) in [6.07, 6.45) is 10.0. The highest BCUT2D eigenvalue weighted by Crippen LogP contribution is 2.28. The van der Waals surface area contributed by atoms with Gasteiger partial charge in [-0.1, -0.05) is 6.42 Å². The number of benzene rings is 1. The van der Waals surface area contributed by atoms with Crippen LogP contribution in [0.4, 0.5) is 0 Å². The van der Waals surface area contributed by atoms with E-state index in [1.165, 1.54) is 19.3 Å². The van der Waals surface area contributed by atoms with E-state index in [2.05, 4.69) is 15.3 Å². The first-order chi connectivity index (χ1) is 13.9. The lowest BCUT2D eigenvalue weighted by Gasteiger charge is -2.41. The third-order valence-corrected chi connectivity index (χ3v) is 5.80. The molecule has 2 aromatic rings. The van der Waals surface area contributed by atoms with Crippen molar-refractivity contribution < 1.29 is 9.53 Å². The molecular weight excluding hydrogens is 364 g/mol. The number of rotatable bonds is 5. The molecule has 0 spiro atoms. The summed E-state index contributed by atoms with van der Waals surface area (Å²) in [5, 5.41) is 7.29. The first-order valence-corrected chi connectivity index (χ1v) is 10.8. The standard InChI is InChI=1S/C23H32N4O2/c1-23(2,3)25-22(28)17-15-24-27(16-17)19-7-9-20(10-8-19)29-21-11-13-26(14-12-21)18-5-4-6-18/h7-10,15-16,18,21H,4-6,11-14H2,1-3H3,(H,25,28). The maximum Gasteiger partial charge on any atom is 0.254 e. The molecule has 1 saturated carbocycles. The zero-order valence-corrected chi connectivity index (χ0v) is 17.7. The van der Waals surface area contributed by atoms with E-state index in [-0.39, 0.29) is 11.4 Å². The van der Waals surface area contributed by atoms with Gasteiger partial charge in [-0.2, -0.15) is 5.10 Å². The normalized spacial score (nSPS) is 19.0. The molecule has 1 aromatic carbocycles. The summed E-state index contributed by atoms with van der Waals surface area (Å²) in [6.45, 7) is 8.20. The van der Waals surface area contributed by atoms with Gasteiger partial charge >= 0.3 is 0 Å². The highest BCUT2D eigenvalue weighted by atomic mass is 16.5. The minimum absolute atomic E-state index is 0.114. The molecule has 1 aliphatic heterocycles. The van der Waals surface area contributed by atoms with E-state index in [9.17, 15) is 4.79 Å². The lowest BCUT2D eigenvalue weighted by Crippen LogP contribution is -2.46. The van der Waals surface area contributed by atoms with E-state index in [0.29, 0.717) is 11.7 Å². The minimum Gasteiger partial charge on any atom is -0.490 e. The number of aromatic nitrogens is 2. The smallest absolute Gasteiger partial charge is 0.254 e. The number of carbonyl (C=O) groups excluding carboxylic acids is 1. The molecule has 2 heterocycles. The van der Waals surface area contributed by atoms with Gasteiger partial charge in [0.2, 0.25) is 0 Å². The second kappa shape index (κ2) is 8.19. The lowest BCUT2D eigenvalue weighted by molar-refractivity contribution is 0.0493. The van der Waals surface area contributed by atoms with Crippen LogP contribution in [0.2, 0.25) is 0 Å². The van der Waals surface area contributed by atoms with Crippen LogP contribution in [0, 0.1) is 0 Å². The molecule has 0 bridgehead atoms. The van der Waals surface area contributed by atoms with Crippen molar-refractivity contribution in [2.45, 2.75) is 70.6 Å². The van der Waals surface area contributed by atoms with Gasteiger partial charge in [0.05, 0.1) is 17.4 Å². The molecule has 6 nitrogen and oxygen atoms in total. The molecule has 156 valence electrons. The van der Waals surface area contributed by atoms with Crippen molar-refractivity contribution in [1.29, 1.82) is 0 Å². The van der Waals surface area contributed by atoms with Gasteiger partial charge in [-0.25, -0.2) is 4.68 Å². The van der Waals surface area contributed by atoms with Crippen molar-refractivity contribution in [2.75, 3.05) is 13.1 Å². The number of nitrogens with one attached hydrogen (secondary N) is 1.